The van der Waals surface area contributed by atoms with Crippen LogP contribution in [-0.2, 0) is 4.74 Å². The second-order valence-corrected chi connectivity index (χ2v) is 2.98. The van der Waals surface area contributed by atoms with Gasteiger partial charge in [0, 0.05) is 19.1 Å². The van der Waals surface area contributed by atoms with Crippen molar-refractivity contribution in [2.75, 3.05) is 26.3 Å². The van der Waals surface area contributed by atoms with E-state index in [-0.39, 0.29) is 6.10 Å². The number of hydrogen-bond donors (Lipinski definition) is 2. The molecule has 2 N–H and O–H groups in total. The van der Waals surface area contributed by atoms with Crippen LogP contribution < -0.4 is 5.32 Å². The smallest absolute Gasteiger partial charge is 0.0814 e. The third-order valence-corrected chi connectivity index (χ3v) is 2.14. The topological polar surface area (TPSA) is 41.5 Å². The van der Waals surface area contributed by atoms with E-state index < -0.39 is 0 Å². The zero-order chi connectivity index (χ0) is 8.10. The molecule has 0 aromatic heterocycles. The van der Waals surface area contributed by atoms with Crippen molar-refractivity contribution >= 4 is 0 Å². The minimum atomic E-state index is -0.273. The molecule has 66 valence electrons. The number of ether oxygens (including phenoxy) is 1. The summed E-state index contributed by atoms with van der Waals surface area (Å²) in [5, 5.41) is 12.7. The van der Waals surface area contributed by atoms with Crippen molar-refractivity contribution in [3.8, 4) is 0 Å². The first kappa shape index (κ1) is 8.97. The molecule has 1 rings (SSSR count). The minimum absolute atomic E-state index is 0.273. The van der Waals surface area contributed by atoms with E-state index in [4.69, 9.17) is 4.74 Å². The molecular weight excluding hydrogens is 142 g/mol. The van der Waals surface area contributed by atoms with Gasteiger partial charge < -0.3 is 15.2 Å². The Morgan fingerprint density at radius 1 is 1.73 bits per heavy atom. The molecule has 0 bridgehead atoms. The number of nitrogens with one attached hydrogen (secondary N) is 1. The highest BCUT2D eigenvalue weighted by molar-refractivity contribution is 4.77. The Bertz CT molecular complexity index is 102. The predicted molar refractivity (Wildman–Crippen MR) is 43.5 cm³/mol. The lowest BCUT2D eigenvalue weighted by atomic mass is 10.0. The van der Waals surface area contributed by atoms with Gasteiger partial charge in [-0.2, -0.15) is 0 Å². The van der Waals surface area contributed by atoms with E-state index in [1.54, 1.807) is 0 Å². The molecule has 2 atom stereocenters. The number of aliphatic hydroxyl groups is 1. The normalized spacial score (nSPS) is 27.3. The van der Waals surface area contributed by atoms with Crippen LogP contribution in [0.5, 0.6) is 0 Å². The van der Waals surface area contributed by atoms with Gasteiger partial charge in [0.15, 0.2) is 0 Å². The van der Waals surface area contributed by atoms with Crippen LogP contribution in [0.1, 0.15) is 13.3 Å². The maximum atomic E-state index is 9.52. The molecule has 0 amide bonds. The zero-order valence-electron chi connectivity index (χ0n) is 7.05. The second kappa shape index (κ2) is 4.70. The fraction of sp³-hybridized carbons (Fsp3) is 1.00. The summed E-state index contributed by atoms with van der Waals surface area (Å²) in [6.45, 7) is 5.10. The monoisotopic (exact) mass is 159 g/mol. The van der Waals surface area contributed by atoms with Gasteiger partial charge in [0.1, 0.15) is 0 Å². The summed E-state index contributed by atoms with van der Waals surface area (Å²) in [7, 11) is 0. The van der Waals surface area contributed by atoms with Crippen molar-refractivity contribution < 1.29 is 9.84 Å². The van der Waals surface area contributed by atoms with E-state index >= 15 is 0 Å². The third kappa shape index (κ3) is 2.77. The lowest BCUT2D eigenvalue weighted by Crippen LogP contribution is -2.27. The summed E-state index contributed by atoms with van der Waals surface area (Å²) in [6.07, 6.45) is 0.804. The second-order valence-electron chi connectivity index (χ2n) is 2.98. The molecular formula is C8H17NO2. The summed E-state index contributed by atoms with van der Waals surface area (Å²) in [5.74, 6) is 0.404. The Kier molecular flexibility index (Phi) is 3.83. The highest BCUT2D eigenvalue weighted by atomic mass is 16.5. The first-order chi connectivity index (χ1) is 5.34. The van der Waals surface area contributed by atoms with E-state index in [1.165, 1.54) is 0 Å². The third-order valence-electron chi connectivity index (χ3n) is 2.14. The van der Waals surface area contributed by atoms with Gasteiger partial charge in [0.25, 0.3) is 0 Å². The van der Waals surface area contributed by atoms with Crippen LogP contribution >= 0.6 is 0 Å². The number of aliphatic hydroxyl groups excluding tert-OH is 1. The van der Waals surface area contributed by atoms with Crippen LogP contribution in [0, 0.1) is 5.92 Å². The van der Waals surface area contributed by atoms with Crippen molar-refractivity contribution in [1.82, 2.24) is 5.32 Å². The van der Waals surface area contributed by atoms with Crippen molar-refractivity contribution in [2.24, 2.45) is 5.92 Å². The lowest BCUT2D eigenvalue weighted by Gasteiger charge is -2.16. The molecule has 11 heavy (non-hydrogen) atoms. The zero-order valence-corrected chi connectivity index (χ0v) is 7.05. The number of rotatable bonds is 4. The molecule has 0 aromatic carbocycles. The summed E-state index contributed by atoms with van der Waals surface area (Å²) in [6, 6.07) is 0. The van der Waals surface area contributed by atoms with E-state index in [9.17, 15) is 5.11 Å². The molecule has 0 aromatic rings. The molecule has 1 heterocycles. The Balaban J connectivity index is 2.12. The largest absolute Gasteiger partial charge is 0.390 e. The Hall–Kier alpha value is -0.120. The molecule has 2 unspecified atom stereocenters. The SMILES string of the molecule is CCOCC(O)C1CCNC1. The molecule has 0 spiro atoms. The lowest BCUT2D eigenvalue weighted by molar-refractivity contribution is 0.0139. The minimum Gasteiger partial charge on any atom is -0.390 e. The van der Waals surface area contributed by atoms with Gasteiger partial charge in [-0.15, -0.1) is 0 Å². The van der Waals surface area contributed by atoms with Crippen LogP contribution in [0.15, 0.2) is 0 Å². The van der Waals surface area contributed by atoms with Crippen molar-refractivity contribution in [3.63, 3.8) is 0 Å². The molecule has 3 nitrogen and oxygen atoms in total. The molecule has 1 fully saturated rings. The summed E-state index contributed by atoms with van der Waals surface area (Å²) in [5.41, 5.74) is 0. The fourth-order valence-corrected chi connectivity index (χ4v) is 1.38. The summed E-state index contributed by atoms with van der Waals surface area (Å²) < 4.78 is 5.13. The Morgan fingerprint density at radius 2 is 2.55 bits per heavy atom. The van der Waals surface area contributed by atoms with Gasteiger partial charge >= 0.3 is 0 Å². The summed E-state index contributed by atoms with van der Waals surface area (Å²) >= 11 is 0. The molecule has 1 aliphatic rings. The Labute approximate surface area is 67.7 Å². The highest BCUT2D eigenvalue weighted by Crippen LogP contribution is 2.12. The van der Waals surface area contributed by atoms with Gasteiger partial charge in [-0.05, 0) is 19.9 Å². The van der Waals surface area contributed by atoms with E-state index in [0.717, 1.165) is 19.5 Å². The van der Waals surface area contributed by atoms with Gasteiger partial charge in [0.05, 0.1) is 12.7 Å². The molecule has 3 heteroatoms. The van der Waals surface area contributed by atoms with E-state index in [1.807, 2.05) is 6.92 Å². The van der Waals surface area contributed by atoms with E-state index in [0.29, 0.717) is 19.1 Å². The quantitative estimate of drug-likeness (QED) is 0.606. The molecule has 0 aliphatic carbocycles. The fourth-order valence-electron chi connectivity index (χ4n) is 1.38. The van der Waals surface area contributed by atoms with E-state index in [2.05, 4.69) is 5.32 Å². The molecule has 0 radical (unpaired) electrons. The highest BCUT2D eigenvalue weighted by Gasteiger charge is 2.22. The van der Waals surface area contributed by atoms with Crippen molar-refractivity contribution in [1.29, 1.82) is 0 Å². The molecule has 1 saturated heterocycles. The average Bonchev–Trinajstić information content (AvgIpc) is 2.52. The van der Waals surface area contributed by atoms with Crippen molar-refractivity contribution in [2.45, 2.75) is 19.4 Å². The first-order valence-corrected chi connectivity index (χ1v) is 4.31. The van der Waals surface area contributed by atoms with Gasteiger partial charge in [-0.25, -0.2) is 0 Å². The van der Waals surface area contributed by atoms with Crippen molar-refractivity contribution in [3.05, 3.63) is 0 Å². The van der Waals surface area contributed by atoms with Crippen LogP contribution in [0.4, 0.5) is 0 Å². The molecule has 1 aliphatic heterocycles. The van der Waals surface area contributed by atoms with Crippen LogP contribution in [0.3, 0.4) is 0 Å². The van der Waals surface area contributed by atoms with Crippen LogP contribution in [0.2, 0.25) is 0 Å². The average molecular weight is 159 g/mol. The van der Waals surface area contributed by atoms with Crippen LogP contribution in [0.25, 0.3) is 0 Å². The van der Waals surface area contributed by atoms with Crippen LogP contribution in [-0.4, -0.2) is 37.5 Å². The predicted octanol–water partition coefficient (Wildman–Crippen LogP) is -0.00670. The standard InChI is InChI=1S/C8H17NO2/c1-2-11-6-8(10)7-3-4-9-5-7/h7-10H,2-6H2,1H3. The van der Waals surface area contributed by atoms with Gasteiger partial charge in [0.2, 0.25) is 0 Å². The summed E-state index contributed by atoms with van der Waals surface area (Å²) in [4.78, 5) is 0. The van der Waals surface area contributed by atoms with Gasteiger partial charge in [-0.3, -0.25) is 0 Å². The Morgan fingerprint density at radius 3 is 3.09 bits per heavy atom. The number of hydrogen-bond acceptors (Lipinski definition) is 3. The molecule has 0 saturated carbocycles. The maximum Gasteiger partial charge on any atom is 0.0814 e. The van der Waals surface area contributed by atoms with Gasteiger partial charge in [-0.1, -0.05) is 0 Å². The maximum absolute atomic E-state index is 9.52. The first-order valence-electron chi connectivity index (χ1n) is 4.31.